The minimum atomic E-state index is -0.651. The first-order valence-corrected chi connectivity index (χ1v) is 11.5. The van der Waals surface area contributed by atoms with Crippen LogP contribution in [0.1, 0.15) is 29.3 Å². The number of halogens is 1. The summed E-state index contributed by atoms with van der Waals surface area (Å²) in [6, 6.07) is 16.4. The van der Waals surface area contributed by atoms with Gasteiger partial charge in [0.1, 0.15) is 11.6 Å². The van der Waals surface area contributed by atoms with Crippen molar-refractivity contribution in [2.24, 2.45) is 0 Å². The number of hydrogen-bond acceptors (Lipinski definition) is 6. The maximum absolute atomic E-state index is 14.1. The van der Waals surface area contributed by atoms with Crippen LogP contribution in [0.15, 0.2) is 76.3 Å². The second kappa shape index (κ2) is 9.11. The molecule has 3 heterocycles. The molecule has 0 fully saturated rings. The molecule has 1 N–H and O–H groups in total. The molecule has 0 aliphatic carbocycles. The minimum absolute atomic E-state index is 0.251. The van der Waals surface area contributed by atoms with E-state index in [4.69, 9.17) is 9.26 Å². The lowest BCUT2D eigenvalue weighted by Gasteiger charge is -2.35. The molecular formula is C25H21FN4O3S. The molecule has 0 radical (unpaired) electrons. The third kappa shape index (κ3) is 4.17. The Bertz CT molecular complexity index is 1370. The fourth-order valence-corrected chi connectivity index (χ4v) is 4.65. The molecule has 5 rings (SSSR count). The largest absolute Gasteiger partial charge is 0.497 e. The first-order valence-electron chi connectivity index (χ1n) is 10.6. The number of hydrogen-bond donors (Lipinski definition) is 1. The van der Waals surface area contributed by atoms with Gasteiger partial charge in [-0.3, -0.25) is 4.90 Å². The maximum Gasteiger partial charge on any atom is 0.322 e. The lowest BCUT2D eigenvalue weighted by atomic mass is 9.94. The van der Waals surface area contributed by atoms with E-state index >= 15 is 0 Å². The van der Waals surface area contributed by atoms with Gasteiger partial charge in [0.05, 0.1) is 25.3 Å². The summed E-state index contributed by atoms with van der Waals surface area (Å²) in [4.78, 5) is 20.4. The molecule has 1 atom stereocenters. The van der Waals surface area contributed by atoms with E-state index in [1.54, 1.807) is 35.5 Å². The van der Waals surface area contributed by atoms with Crippen molar-refractivity contribution in [1.82, 2.24) is 20.4 Å². The van der Waals surface area contributed by atoms with Crippen LogP contribution >= 0.6 is 11.3 Å². The van der Waals surface area contributed by atoms with Gasteiger partial charge in [-0.05, 0) is 48.2 Å². The Hall–Kier alpha value is -3.98. The highest BCUT2D eigenvalue weighted by atomic mass is 32.1. The Morgan fingerprint density at radius 3 is 2.79 bits per heavy atom. The second-order valence-electron chi connectivity index (χ2n) is 7.76. The van der Waals surface area contributed by atoms with Crippen LogP contribution in [0.5, 0.6) is 5.75 Å². The molecule has 172 valence electrons. The lowest BCUT2D eigenvalue weighted by molar-refractivity contribution is 0.203. The summed E-state index contributed by atoms with van der Waals surface area (Å²) in [5.74, 6) is 0.908. The van der Waals surface area contributed by atoms with Crippen molar-refractivity contribution >= 4 is 22.9 Å². The average Bonchev–Trinajstić information content (AvgIpc) is 3.54. The van der Waals surface area contributed by atoms with Crippen LogP contribution in [0.2, 0.25) is 0 Å². The van der Waals surface area contributed by atoms with Gasteiger partial charge in [-0.15, -0.1) is 11.3 Å². The van der Waals surface area contributed by atoms with E-state index in [0.717, 1.165) is 10.4 Å². The zero-order valence-electron chi connectivity index (χ0n) is 18.5. The van der Waals surface area contributed by atoms with Gasteiger partial charge in [0, 0.05) is 16.1 Å². The Balaban J connectivity index is 1.60. The van der Waals surface area contributed by atoms with E-state index in [2.05, 4.69) is 15.5 Å². The number of amides is 2. The van der Waals surface area contributed by atoms with E-state index in [9.17, 15) is 9.18 Å². The number of rotatable bonds is 6. The van der Waals surface area contributed by atoms with Gasteiger partial charge < -0.3 is 14.6 Å². The fraction of sp³-hybridized carbons (Fsp3) is 0.160. The molecule has 4 aromatic rings. The first kappa shape index (κ1) is 21.8. The molecule has 0 saturated carbocycles. The van der Waals surface area contributed by atoms with Crippen molar-refractivity contribution in [3.8, 4) is 17.1 Å². The van der Waals surface area contributed by atoms with Crippen LogP contribution in [-0.2, 0) is 6.54 Å². The standard InChI is InChI=1S/C25H21FN4O3S/c1-15-21(24-28-23(29-33-24)17-7-4-9-19(13-17)32-2)22(16-6-3-8-18(26)12-16)27-25(31)30(15)14-20-10-5-11-34-20/h3-13,22H,14H2,1-2H3,(H,27,31). The van der Waals surface area contributed by atoms with Crippen LogP contribution in [0.25, 0.3) is 17.0 Å². The highest BCUT2D eigenvalue weighted by molar-refractivity contribution is 7.09. The smallest absolute Gasteiger partial charge is 0.322 e. The molecule has 7 nitrogen and oxygen atoms in total. The third-order valence-electron chi connectivity index (χ3n) is 5.66. The average molecular weight is 477 g/mol. The summed E-state index contributed by atoms with van der Waals surface area (Å²) in [6.45, 7) is 2.23. The number of ether oxygens (including phenoxy) is 1. The normalized spacial score (nSPS) is 16.0. The monoisotopic (exact) mass is 476 g/mol. The lowest BCUT2D eigenvalue weighted by Crippen LogP contribution is -2.45. The number of carbonyl (C=O) groups is 1. The van der Waals surface area contributed by atoms with Crippen LogP contribution in [0.4, 0.5) is 9.18 Å². The summed E-state index contributed by atoms with van der Waals surface area (Å²) in [7, 11) is 1.59. The topological polar surface area (TPSA) is 80.5 Å². The van der Waals surface area contributed by atoms with Crippen LogP contribution in [0, 0.1) is 5.82 Å². The van der Waals surface area contributed by atoms with Crippen molar-refractivity contribution in [2.75, 3.05) is 7.11 Å². The number of urea groups is 1. The van der Waals surface area contributed by atoms with Crippen molar-refractivity contribution < 1.29 is 18.4 Å². The van der Waals surface area contributed by atoms with E-state index in [-0.39, 0.29) is 11.9 Å². The van der Waals surface area contributed by atoms with Gasteiger partial charge in [0.15, 0.2) is 0 Å². The summed E-state index contributed by atoms with van der Waals surface area (Å²) in [6.07, 6.45) is 0. The van der Waals surface area contributed by atoms with Crippen molar-refractivity contribution in [1.29, 1.82) is 0 Å². The Labute approximate surface area is 199 Å². The van der Waals surface area contributed by atoms with Crippen LogP contribution in [0.3, 0.4) is 0 Å². The Kier molecular flexibility index (Phi) is 5.85. The molecule has 2 amide bonds. The van der Waals surface area contributed by atoms with Gasteiger partial charge >= 0.3 is 6.03 Å². The quantitative estimate of drug-likeness (QED) is 0.389. The summed E-state index contributed by atoms with van der Waals surface area (Å²) in [5, 5.41) is 9.11. The van der Waals surface area contributed by atoms with E-state index in [1.165, 1.54) is 12.1 Å². The Morgan fingerprint density at radius 2 is 2.03 bits per heavy atom. The molecule has 1 aliphatic rings. The number of nitrogens with zero attached hydrogens (tertiary/aromatic N) is 3. The Morgan fingerprint density at radius 1 is 1.18 bits per heavy atom. The minimum Gasteiger partial charge on any atom is -0.497 e. The number of methoxy groups -OCH3 is 1. The van der Waals surface area contributed by atoms with Gasteiger partial charge in [-0.1, -0.05) is 35.5 Å². The number of aromatic nitrogens is 2. The number of carbonyl (C=O) groups excluding carboxylic acids is 1. The summed E-state index contributed by atoms with van der Waals surface area (Å²) >= 11 is 1.56. The second-order valence-corrected chi connectivity index (χ2v) is 8.79. The van der Waals surface area contributed by atoms with Crippen LogP contribution < -0.4 is 10.1 Å². The molecule has 1 unspecified atom stereocenters. The number of thiophene rings is 1. The zero-order chi connectivity index (χ0) is 23.7. The maximum atomic E-state index is 14.1. The molecule has 2 aromatic carbocycles. The first-order chi connectivity index (χ1) is 16.5. The van der Waals surface area contributed by atoms with Crippen LogP contribution in [-0.4, -0.2) is 28.2 Å². The number of allylic oxidation sites excluding steroid dienone is 1. The fourth-order valence-electron chi connectivity index (χ4n) is 3.96. The summed E-state index contributed by atoms with van der Waals surface area (Å²) < 4.78 is 25.0. The molecule has 0 bridgehead atoms. The molecule has 1 aliphatic heterocycles. The number of nitrogens with one attached hydrogen (secondary N) is 1. The van der Waals surface area contributed by atoms with Gasteiger partial charge in [-0.25, -0.2) is 9.18 Å². The van der Waals surface area contributed by atoms with E-state index in [0.29, 0.717) is 35.0 Å². The SMILES string of the molecule is COc1cccc(-c2noc(C3=C(C)N(Cc4cccs4)C(=O)NC3c3cccc(F)c3)n2)c1. The van der Waals surface area contributed by atoms with Gasteiger partial charge in [0.2, 0.25) is 5.82 Å². The van der Waals surface area contributed by atoms with Gasteiger partial charge in [0.25, 0.3) is 5.89 Å². The predicted octanol–water partition coefficient (Wildman–Crippen LogP) is 5.64. The van der Waals surface area contributed by atoms with E-state index in [1.807, 2.05) is 48.7 Å². The molecule has 9 heteroatoms. The highest BCUT2D eigenvalue weighted by Gasteiger charge is 2.36. The predicted molar refractivity (Wildman–Crippen MR) is 126 cm³/mol. The van der Waals surface area contributed by atoms with Gasteiger partial charge in [-0.2, -0.15) is 4.98 Å². The number of benzene rings is 2. The summed E-state index contributed by atoms with van der Waals surface area (Å²) in [5.41, 5.74) is 2.58. The highest BCUT2D eigenvalue weighted by Crippen LogP contribution is 2.38. The molecule has 34 heavy (non-hydrogen) atoms. The zero-order valence-corrected chi connectivity index (χ0v) is 19.3. The molecular weight excluding hydrogens is 455 g/mol. The molecule has 2 aromatic heterocycles. The van der Waals surface area contributed by atoms with Crippen molar-refractivity contribution in [3.63, 3.8) is 0 Å². The van der Waals surface area contributed by atoms with Crippen molar-refractivity contribution in [2.45, 2.75) is 19.5 Å². The van der Waals surface area contributed by atoms with Crippen molar-refractivity contribution in [3.05, 3.63) is 93.9 Å². The molecule has 0 spiro atoms. The van der Waals surface area contributed by atoms with E-state index < -0.39 is 11.9 Å². The molecule has 0 saturated heterocycles. The third-order valence-corrected chi connectivity index (χ3v) is 6.52.